The summed E-state index contributed by atoms with van der Waals surface area (Å²) in [5, 5.41) is 0. The number of ether oxygens (including phenoxy) is 2. The SMILES string of the molecule is COc1ccc(/C=C2/CCCC(=O)O2)cc1. The molecule has 0 aliphatic carbocycles. The zero-order chi connectivity index (χ0) is 11.4. The summed E-state index contributed by atoms with van der Waals surface area (Å²) in [7, 11) is 1.64. The molecule has 84 valence electrons. The van der Waals surface area contributed by atoms with Crippen LogP contribution in [-0.2, 0) is 9.53 Å². The lowest BCUT2D eigenvalue weighted by molar-refractivity contribution is -0.141. The first-order chi connectivity index (χ1) is 7.78. The summed E-state index contributed by atoms with van der Waals surface area (Å²) in [4.78, 5) is 11.1. The van der Waals surface area contributed by atoms with E-state index in [1.807, 2.05) is 30.3 Å². The fourth-order valence-electron chi connectivity index (χ4n) is 1.64. The maximum absolute atomic E-state index is 11.1. The molecule has 0 unspecified atom stereocenters. The van der Waals surface area contributed by atoms with E-state index in [1.165, 1.54) is 0 Å². The van der Waals surface area contributed by atoms with Crippen LogP contribution >= 0.6 is 0 Å². The van der Waals surface area contributed by atoms with E-state index < -0.39 is 0 Å². The molecule has 0 bridgehead atoms. The Hall–Kier alpha value is -1.77. The lowest BCUT2D eigenvalue weighted by Gasteiger charge is -2.13. The van der Waals surface area contributed by atoms with E-state index >= 15 is 0 Å². The van der Waals surface area contributed by atoms with Gasteiger partial charge in [-0.2, -0.15) is 0 Å². The highest BCUT2D eigenvalue weighted by Gasteiger charge is 2.13. The predicted molar refractivity (Wildman–Crippen MR) is 60.9 cm³/mol. The monoisotopic (exact) mass is 218 g/mol. The number of rotatable bonds is 2. The van der Waals surface area contributed by atoms with Crippen LogP contribution in [0.2, 0.25) is 0 Å². The molecule has 0 N–H and O–H groups in total. The van der Waals surface area contributed by atoms with Crippen molar-refractivity contribution in [3.8, 4) is 5.75 Å². The number of allylic oxidation sites excluding steroid dienone is 1. The number of hydrogen-bond donors (Lipinski definition) is 0. The van der Waals surface area contributed by atoms with Gasteiger partial charge in [0.1, 0.15) is 11.5 Å². The number of cyclic esters (lactones) is 1. The van der Waals surface area contributed by atoms with Gasteiger partial charge < -0.3 is 9.47 Å². The van der Waals surface area contributed by atoms with Gasteiger partial charge in [0.15, 0.2) is 0 Å². The molecule has 2 rings (SSSR count). The van der Waals surface area contributed by atoms with Crippen LogP contribution in [0.15, 0.2) is 30.0 Å². The number of benzene rings is 1. The molecule has 0 aromatic heterocycles. The third-order valence-corrected chi connectivity index (χ3v) is 2.49. The molecule has 0 atom stereocenters. The molecule has 1 aliphatic rings. The van der Waals surface area contributed by atoms with Crippen LogP contribution in [0, 0.1) is 0 Å². The van der Waals surface area contributed by atoms with Gasteiger partial charge in [-0.15, -0.1) is 0 Å². The van der Waals surface area contributed by atoms with Crippen molar-refractivity contribution in [2.24, 2.45) is 0 Å². The van der Waals surface area contributed by atoms with Crippen LogP contribution in [0.3, 0.4) is 0 Å². The third kappa shape index (κ3) is 2.63. The smallest absolute Gasteiger partial charge is 0.310 e. The Morgan fingerprint density at radius 2 is 2.00 bits per heavy atom. The van der Waals surface area contributed by atoms with Gasteiger partial charge in [0.2, 0.25) is 0 Å². The van der Waals surface area contributed by atoms with Crippen LogP contribution in [0.5, 0.6) is 5.75 Å². The fraction of sp³-hybridized carbons (Fsp3) is 0.308. The molecule has 0 spiro atoms. The summed E-state index contributed by atoms with van der Waals surface area (Å²) < 4.78 is 10.2. The molecular weight excluding hydrogens is 204 g/mol. The molecule has 3 nitrogen and oxygen atoms in total. The van der Waals surface area contributed by atoms with E-state index in [0.717, 1.165) is 29.9 Å². The molecule has 1 saturated heterocycles. The minimum atomic E-state index is -0.133. The first-order valence-electron chi connectivity index (χ1n) is 5.33. The average Bonchev–Trinajstić information content (AvgIpc) is 2.30. The van der Waals surface area contributed by atoms with E-state index in [-0.39, 0.29) is 5.97 Å². The van der Waals surface area contributed by atoms with Crippen LogP contribution in [0.4, 0.5) is 0 Å². The van der Waals surface area contributed by atoms with E-state index in [1.54, 1.807) is 7.11 Å². The van der Waals surface area contributed by atoms with Gasteiger partial charge in [-0.1, -0.05) is 12.1 Å². The summed E-state index contributed by atoms with van der Waals surface area (Å²) in [6.07, 6.45) is 4.13. The van der Waals surface area contributed by atoms with Crippen LogP contribution < -0.4 is 4.74 Å². The lowest BCUT2D eigenvalue weighted by Crippen LogP contribution is -2.09. The summed E-state index contributed by atoms with van der Waals surface area (Å²) in [6, 6.07) is 7.65. The van der Waals surface area contributed by atoms with Gasteiger partial charge in [-0.3, -0.25) is 4.79 Å². The van der Waals surface area contributed by atoms with Crippen molar-refractivity contribution >= 4 is 12.0 Å². The van der Waals surface area contributed by atoms with E-state index in [4.69, 9.17) is 9.47 Å². The van der Waals surface area contributed by atoms with Gasteiger partial charge in [0.05, 0.1) is 7.11 Å². The topological polar surface area (TPSA) is 35.5 Å². The van der Waals surface area contributed by atoms with Gasteiger partial charge in [0.25, 0.3) is 0 Å². The normalized spacial score (nSPS) is 18.3. The number of hydrogen-bond acceptors (Lipinski definition) is 3. The van der Waals surface area contributed by atoms with Crippen LogP contribution in [0.1, 0.15) is 24.8 Å². The van der Waals surface area contributed by atoms with Crippen molar-refractivity contribution in [1.82, 2.24) is 0 Å². The molecule has 1 aliphatic heterocycles. The Kier molecular flexibility index (Phi) is 3.25. The lowest BCUT2D eigenvalue weighted by atomic mass is 10.1. The summed E-state index contributed by atoms with van der Waals surface area (Å²) in [6.45, 7) is 0. The van der Waals surface area contributed by atoms with Crippen molar-refractivity contribution < 1.29 is 14.3 Å². The molecule has 16 heavy (non-hydrogen) atoms. The van der Waals surface area contributed by atoms with Crippen LogP contribution in [-0.4, -0.2) is 13.1 Å². The molecule has 1 fully saturated rings. The van der Waals surface area contributed by atoms with E-state index in [0.29, 0.717) is 6.42 Å². The Morgan fingerprint density at radius 1 is 1.25 bits per heavy atom. The minimum absolute atomic E-state index is 0.133. The van der Waals surface area contributed by atoms with Crippen molar-refractivity contribution in [3.63, 3.8) is 0 Å². The van der Waals surface area contributed by atoms with Crippen molar-refractivity contribution in [1.29, 1.82) is 0 Å². The molecule has 1 heterocycles. The highest BCUT2D eigenvalue weighted by molar-refractivity contribution is 5.73. The first kappa shape index (κ1) is 10.7. The zero-order valence-corrected chi connectivity index (χ0v) is 9.23. The van der Waals surface area contributed by atoms with Crippen molar-refractivity contribution in [2.45, 2.75) is 19.3 Å². The average molecular weight is 218 g/mol. The quantitative estimate of drug-likeness (QED) is 0.716. The number of esters is 1. The number of methoxy groups -OCH3 is 1. The Balaban J connectivity index is 2.12. The maximum atomic E-state index is 11.1. The van der Waals surface area contributed by atoms with Crippen molar-refractivity contribution in [3.05, 3.63) is 35.6 Å². The van der Waals surface area contributed by atoms with E-state index in [9.17, 15) is 4.79 Å². The largest absolute Gasteiger partial charge is 0.497 e. The summed E-state index contributed by atoms with van der Waals surface area (Å²) in [5.41, 5.74) is 1.02. The maximum Gasteiger partial charge on any atom is 0.310 e. The second kappa shape index (κ2) is 4.84. The summed E-state index contributed by atoms with van der Waals surface area (Å²) in [5.74, 6) is 1.44. The predicted octanol–water partition coefficient (Wildman–Crippen LogP) is 2.76. The molecule has 1 aromatic rings. The van der Waals surface area contributed by atoms with Crippen LogP contribution in [0.25, 0.3) is 6.08 Å². The third-order valence-electron chi connectivity index (χ3n) is 2.49. The zero-order valence-electron chi connectivity index (χ0n) is 9.23. The molecular formula is C13H14O3. The number of carbonyl (C=O) groups is 1. The molecule has 0 saturated carbocycles. The highest BCUT2D eigenvalue weighted by atomic mass is 16.5. The van der Waals surface area contributed by atoms with E-state index in [2.05, 4.69) is 0 Å². The highest BCUT2D eigenvalue weighted by Crippen LogP contribution is 2.21. The Morgan fingerprint density at radius 3 is 2.62 bits per heavy atom. The Bertz CT molecular complexity index is 404. The van der Waals surface area contributed by atoms with Gasteiger partial charge in [0, 0.05) is 12.8 Å². The molecule has 0 radical (unpaired) electrons. The summed E-state index contributed by atoms with van der Waals surface area (Å²) >= 11 is 0. The molecule has 1 aromatic carbocycles. The second-order valence-electron chi connectivity index (χ2n) is 3.71. The van der Waals surface area contributed by atoms with Gasteiger partial charge >= 0.3 is 5.97 Å². The van der Waals surface area contributed by atoms with Gasteiger partial charge in [-0.25, -0.2) is 0 Å². The van der Waals surface area contributed by atoms with Crippen molar-refractivity contribution in [2.75, 3.05) is 7.11 Å². The standard InChI is InChI=1S/C13H14O3/c1-15-11-7-5-10(6-8-11)9-12-3-2-4-13(14)16-12/h5-9H,2-4H2,1H3/b12-9-. The number of carbonyl (C=O) groups excluding carboxylic acids is 1. The second-order valence-corrected chi connectivity index (χ2v) is 3.71. The molecule has 0 amide bonds. The minimum Gasteiger partial charge on any atom is -0.497 e. The Labute approximate surface area is 94.7 Å². The van der Waals surface area contributed by atoms with Gasteiger partial charge in [-0.05, 0) is 30.2 Å². The first-order valence-corrected chi connectivity index (χ1v) is 5.33. The molecule has 3 heteroatoms. The fourth-order valence-corrected chi connectivity index (χ4v) is 1.64.